The van der Waals surface area contributed by atoms with E-state index >= 15 is 0 Å². The van der Waals surface area contributed by atoms with E-state index in [9.17, 15) is 18.0 Å². The van der Waals surface area contributed by atoms with Crippen molar-refractivity contribution in [3.8, 4) is 17.2 Å². The SMILES string of the molecule is CCOc1ccc(N(CC(=O)N(Cc2cccc(Cl)c2)[C@H](C)C(=O)NC2CCCCC2)S(=O)(=O)c2ccc(OC)c(OC)c2)cc1. The fourth-order valence-electron chi connectivity index (χ4n) is 5.49. The maximum absolute atomic E-state index is 14.3. The van der Waals surface area contributed by atoms with Crippen LogP contribution in [0.4, 0.5) is 5.69 Å². The third kappa shape index (κ3) is 8.64. The monoisotopic (exact) mass is 671 g/mol. The second kappa shape index (κ2) is 16.0. The van der Waals surface area contributed by atoms with Gasteiger partial charge in [0.15, 0.2) is 11.5 Å². The first-order valence-electron chi connectivity index (χ1n) is 15.4. The number of nitrogens with zero attached hydrogens (tertiary/aromatic N) is 2. The van der Waals surface area contributed by atoms with Crippen molar-refractivity contribution in [3.05, 3.63) is 77.3 Å². The average molecular weight is 672 g/mol. The van der Waals surface area contributed by atoms with Crippen LogP contribution in [-0.4, -0.2) is 64.6 Å². The molecule has 3 aromatic carbocycles. The molecule has 0 aromatic heterocycles. The van der Waals surface area contributed by atoms with Gasteiger partial charge in [-0.2, -0.15) is 0 Å². The molecule has 0 heterocycles. The number of ether oxygens (including phenoxy) is 3. The summed E-state index contributed by atoms with van der Waals surface area (Å²) in [5, 5.41) is 3.59. The number of hydrogen-bond acceptors (Lipinski definition) is 7. The van der Waals surface area contributed by atoms with Crippen LogP contribution in [0.25, 0.3) is 0 Å². The van der Waals surface area contributed by atoms with Gasteiger partial charge in [0.05, 0.1) is 31.4 Å². The maximum Gasteiger partial charge on any atom is 0.264 e. The Hall–Kier alpha value is -3.96. The summed E-state index contributed by atoms with van der Waals surface area (Å²) in [7, 11) is -1.46. The van der Waals surface area contributed by atoms with Crippen LogP contribution in [0.2, 0.25) is 5.02 Å². The van der Waals surface area contributed by atoms with E-state index in [1.807, 2.05) is 13.0 Å². The molecular weight excluding hydrogens is 630 g/mol. The van der Waals surface area contributed by atoms with Crippen molar-refractivity contribution in [3.63, 3.8) is 0 Å². The molecule has 0 spiro atoms. The van der Waals surface area contributed by atoms with E-state index in [0.29, 0.717) is 28.7 Å². The summed E-state index contributed by atoms with van der Waals surface area (Å²) >= 11 is 6.25. The van der Waals surface area contributed by atoms with Crippen LogP contribution in [0.5, 0.6) is 17.2 Å². The molecule has 248 valence electrons. The van der Waals surface area contributed by atoms with Crippen LogP contribution < -0.4 is 23.8 Å². The van der Waals surface area contributed by atoms with Crippen LogP contribution in [0.15, 0.2) is 71.6 Å². The van der Waals surface area contributed by atoms with E-state index in [1.54, 1.807) is 49.4 Å². The lowest BCUT2D eigenvalue weighted by Gasteiger charge is -2.33. The Labute approximate surface area is 276 Å². The minimum Gasteiger partial charge on any atom is -0.494 e. The molecule has 46 heavy (non-hydrogen) atoms. The number of benzene rings is 3. The number of anilines is 1. The molecule has 1 aliphatic carbocycles. The Morgan fingerprint density at radius 1 is 0.957 bits per heavy atom. The Balaban J connectivity index is 1.72. The number of hydrogen-bond donors (Lipinski definition) is 1. The summed E-state index contributed by atoms with van der Waals surface area (Å²) in [5.41, 5.74) is 0.946. The standard InChI is InChI=1S/C34H42ClN3O7S/c1-5-45-29-16-14-28(15-17-29)38(46(41,42)30-18-19-31(43-3)32(21-30)44-4)23-33(39)37(22-25-10-9-11-26(35)20-25)24(2)34(40)36-27-12-7-6-8-13-27/h9-11,14-21,24,27H,5-8,12-13,22-23H2,1-4H3,(H,36,40)/t24-/m1/s1. The largest absolute Gasteiger partial charge is 0.494 e. The van der Waals surface area contributed by atoms with Gasteiger partial charge in [0.1, 0.15) is 18.3 Å². The van der Waals surface area contributed by atoms with Gasteiger partial charge in [0, 0.05) is 23.7 Å². The second-order valence-corrected chi connectivity index (χ2v) is 13.4. The highest BCUT2D eigenvalue weighted by molar-refractivity contribution is 7.92. The Bertz CT molecular complexity index is 1590. The lowest BCUT2D eigenvalue weighted by Crippen LogP contribution is -2.53. The highest BCUT2D eigenvalue weighted by Crippen LogP contribution is 2.33. The number of sulfonamides is 1. The van der Waals surface area contributed by atoms with E-state index in [0.717, 1.165) is 36.4 Å². The van der Waals surface area contributed by atoms with E-state index in [4.69, 9.17) is 25.8 Å². The van der Waals surface area contributed by atoms with Gasteiger partial charge >= 0.3 is 0 Å². The molecule has 3 aromatic rings. The van der Waals surface area contributed by atoms with Crippen molar-refractivity contribution in [2.24, 2.45) is 0 Å². The first-order valence-corrected chi connectivity index (χ1v) is 17.2. The number of halogens is 1. The maximum atomic E-state index is 14.3. The highest BCUT2D eigenvalue weighted by Gasteiger charge is 2.34. The van der Waals surface area contributed by atoms with Gasteiger partial charge in [-0.25, -0.2) is 8.42 Å². The summed E-state index contributed by atoms with van der Waals surface area (Å²) in [6, 6.07) is 16.9. The van der Waals surface area contributed by atoms with Crippen molar-refractivity contribution in [2.75, 3.05) is 31.7 Å². The smallest absolute Gasteiger partial charge is 0.264 e. The third-order valence-corrected chi connectivity index (χ3v) is 10.0. The van der Waals surface area contributed by atoms with Crippen molar-refractivity contribution >= 4 is 39.1 Å². The molecule has 1 saturated carbocycles. The minimum atomic E-state index is -4.33. The minimum absolute atomic E-state index is 0.0394. The Morgan fingerprint density at radius 3 is 2.28 bits per heavy atom. The predicted molar refractivity (Wildman–Crippen MR) is 178 cm³/mol. The number of carbonyl (C=O) groups is 2. The van der Waals surface area contributed by atoms with Gasteiger partial charge in [0.25, 0.3) is 10.0 Å². The molecule has 1 N–H and O–H groups in total. The number of nitrogens with one attached hydrogen (secondary N) is 1. The molecule has 12 heteroatoms. The summed E-state index contributed by atoms with van der Waals surface area (Å²) in [4.78, 5) is 29.1. The van der Waals surface area contributed by atoms with Crippen molar-refractivity contribution < 1.29 is 32.2 Å². The van der Waals surface area contributed by atoms with Gasteiger partial charge in [-0.15, -0.1) is 0 Å². The van der Waals surface area contributed by atoms with E-state index in [1.165, 1.54) is 37.3 Å². The molecule has 0 unspecified atom stereocenters. The quantitative estimate of drug-likeness (QED) is 0.230. The summed E-state index contributed by atoms with van der Waals surface area (Å²) in [5.74, 6) is 0.270. The second-order valence-electron chi connectivity index (χ2n) is 11.1. The summed E-state index contributed by atoms with van der Waals surface area (Å²) in [6.07, 6.45) is 4.98. The van der Waals surface area contributed by atoms with Crippen LogP contribution in [0.3, 0.4) is 0 Å². The molecular formula is C34H42ClN3O7S. The molecule has 1 fully saturated rings. The molecule has 4 rings (SSSR count). The molecule has 0 saturated heterocycles. The van der Waals surface area contributed by atoms with Gasteiger partial charge in [-0.1, -0.05) is 43.0 Å². The van der Waals surface area contributed by atoms with Crippen LogP contribution in [-0.2, 0) is 26.2 Å². The van der Waals surface area contributed by atoms with Crippen LogP contribution in [0.1, 0.15) is 51.5 Å². The van der Waals surface area contributed by atoms with Crippen LogP contribution >= 0.6 is 11.6 Å². The molecule has 1 aliphatic rings. The van der Waals surface area contributed by atoms with Gasteiger partial charge in [-0.05, 0) is 80.8 Å². The average Bonchev–Trinajstić information content (AvgIpc) is 3.06. The zero-order chi connectivity index (χ0) is 33.3. The normalized spacial score (nSPS) is 14.2. The van der Waals surface area contributed by atoms with Crippen molar-refractivity contribution in [1.29, 1.82) is 0 Å². The first kappa shape index (κ1) is 34.9. The number of carbonyl (C=O) groups excluding carboxylic acids is 2. The summed E-state index contributed by atoms with van der Waals surface area (Å²) < 4.78 is 45.8. The molecule has 0 bridgehead atoms. The Kier molecular flexibility index (Phi) is 12.2. The van der Waals surface area contributed by atoms with Gasteiger partial charge < -0.3 is 24.4 Å². The molecule has 0 radical (unpaired) electrons. The predicted octanol–water partition coefficient (Wildman–Crippen LogP) is 5.82. The van der Waals surface area contributed by atoms with E-state index in [2.05, 4.69) is 5.32 Å². The number of rotatable bonds is 14. The fraction of sp³-hybridized carbons (Fsp3) is 0.412. The third-order valence-electron chi connectivity index (χ3n) is 8.02. The van der Waals surface area contributed by atoms with E-state index in [-0.39, 0.29) is 34.8 Å². The Morgan fingerprint density at radius 2 is 1.65 bits per heavy atom. The number of amides is 2. The first-order chi connectivity index (χ1) is 22.1. The number of methoxy groups -OCH3 is 2. The zero-order valence-corrected chi connectivity index (χ0v) is 28.3. The molecule has 10 nitrogen and oxygen atoms in total. The highest BCUT2D eigenvalue weighted by atomic mass is 35.5. The lowest BCUT2D eigenvalue weighted by molar-refractivity contribution is -0.139. The fourth-order valence-corrected chi connectivity index (χ4v) is 7.13. The van der Waals surface area contributed by atoms with Crippen molar-refractivity contribution in [2.45, 2.75) is 69.5 Å². The molecule has 2 amide bonds. The topological polar surface area (TPSA) is 114 Å². The molecule has 0 aliphatic heterocycles. The zero-order valence-electron chi connectivity index (χ0n) is 26.7. The molecule has 1 atom stereocenters. The van der Waals surface area contributed by atoms with Crippen molar-refractivity contribution in [1.82, 2.24) is 10.2 Å². The summed E-state index contributed by atoms with van der Waals surface area (Å²) in [6.45, 7) is 3.41. The van der Waals surface area contributed by atoms with Gasteiger partial charge in [0.2, 0.25) is 11.8 Å². The van der Waals surface area contributed by atoms with Crippen LogP contribution in [0, 0.1) is 0 Å². The van der Waals surface area contributed by atoms with E-state index < -0.39 is 28.5 Å². The lowest BCUT2D eigenvalue weighted by atomic mass is 9.95. The van der Waals surface area contributed by atoms with Gasteiger partial charge in [-0.3, -0.25) is 13.9 Å².